The number of hydrogen-bond acceptors (Lipinski definition) is 8. The molecule has 0 fully saturated rings. The van der Waals surface area contributed by atoms with Crippen LogP contribution >= 0.6 is 15.9 Å². The number of nitrogens with one attached hydrogen (secondary N) is 1. The van der Waals surface area contributed by atoms with Crippen LogP contribution in [0.4, 0.5) is 0 Å². The summed E-state index contributed by atoms with van der Waals surface area (Å²) < 4.78 is 28.2. The van der Waals surface area contributed by atoms with E-state index in [-0.39, 0.29) is 24.2 Å². The normalized spacial score (nSPS) is 18.9. The fourth-order valence-electron chi connectivity index (χ4n) is 5.33. The number of Topliss-reactive ketones (excluding diaryl/α,β-unsaturated/α-hetero) is 1. The van der Waals surface area contributed by atoms with E-state index in [0.717, 1.165) is 16.8 Å². The molecule has 39 heavy (non-hydrogen) atoms. The van der Waals surface area contributed by atoms with Crippen molar-refractivity contribution in [3.8, 4) is 23.0 Å². The first-order chi connectivity index (χ1) is 18.6. The average Bonchev–Trinajstić information content (AvgIpc) is 2.91. The minimum atomic E-state index is -0.652. The molecule has 0 bridgehead atoms. The first-order valence-corrected chi connectivity index (χ1v) is 13.5. The topological polar surface area (TPSA) is 92.3 Å². The lowest BCUT2D eigenvalue weighted by Crippen LogP contribution is -2.36. The van der Waals surface area contributed by atoms with Crippen molar-refractivity contribution in [1.29, 1.82) is 0 Å². The first-order valence-electron chi connectivity index (χ1n) is 12.7. The van der Waals surface area contributed by atoms with Crippen molar-refractivity contribution in [3.05, 3.63) is 68.5 Å². The molecule has 0 amide bonds. The second-order valence-electron chi connectivity index (χ2n) is 9.81. The number of methoxy groups -OCH3 is 4. The van der Waals surface area contributed by atoms with Crippen LogP contribution in [0.1, 0.15) is 56.6 Å². The molecule has 0 spiro atoms. The van der Waals surface area contributed by atoms with Crippen LogP contribution in [0.15, 0.2) is 57.3 Å². The second-order valence-corrected chi connectivity index (χ2v) is 10.7. The number of dihydropyridines is 1. The highest BCUT2D eigenvalue weighted by molar-refractivity contribution is 9.10. The van der Waals surface area contributed by atoms with Gasteiger partial charge in [-0.25, -0.2) is 4.79 Å². The molecule has 2 aromatic carbocycles. The summed E-state index contributed by atoms with van der Waals surface area (Å²) in [5, 5.41) is 3.38. The molecule has 8 nitrogen and oxygen atoms in total. The number of ether oxygens (including phenoxy) is 5. The van der Waals surface area contributed by atoms with E-state index in [1.54, 1.807) is 48.4 Å². The second kappa shape index (κ2) is 11.7. The van der Waals surface area contributed by atoms with Crippen molar-refractivity contribution in [3.63, 3.8) is 0 Å². The van der Waals surface area contributed by atoms with Crippen molar-refractivity contribution >= 4 is 27.7 Å². The molecule has 9 heteroatoms. The molecule has 208 valence electrons. The van der Waals surface area contributed by atoms with Gasteiger partial charge >= 0.3 is 5.97 Å². The lowest BCUT2D eigenvalue weighted by Gasteiger charge is -2.37. The maximum absolute atomic E-state index is 14.0. The number of carbonyl (C=O) groups is 2. The molecule has 0 saturated carbocycles. The van der Waals surface area contributed by atoms with Gasteiger partial charge in [0.25, 0.3) is 0 Å². The molecule has 0 aromatic heterocycles. The fourth-order valence-corrected chi connectivity index (χ4v) is 5.88. The van der Waals surface area contributed by atoms with Crippen molar-refractivity contribution < 1.29 is 33.3 Å². The quantitative estimate of drug-likeness (QED) is 0.381. The third-order valence-electron chi connectivity index (χ3n) is 7.08. The van der Waals surface area contributed by atoms with Gasteiger partial charge in [-0.1, -0.05) is 22.0 Å². The van der Waals surface area contributed by atoms with E-state index < -0.39 is 11.9 Å². The van der Waals surface area contributed by atoms with Gasteiger partial charge in [0, 0.05) is 33.8 Å². The minimum absolute atomic E-state index is 0.0439. The van der Waals surface area contributed by atoms with Gasteiger partial charge < -0.3 is 29.0 Å². The van der Waals surface area contributed by atoms with Crippen LogP contribution in [0.5, 0.6) is 23.0 Å². The highest BCUT2D eigenvalue weighted by atomic mass is 79.9. The van der Waals surface area contributed by atoms with E-state index in [1.165, 1.54) is 0 Å². The number of halogens is 1. The molecule has 1 N–H and O–H groups in total. The Labute approximate surface area is 237 Å². The zero-order valence-electron chi connectivity index (χ0n) is 23.3. The van der Waals surface area contributed by atoms with E-state index in [1.807, 2.05) is 31.2 Å². The lowest BCUT2D eigenvalue weighted by atomic mass is 9.71. The van der Waals surface area contributed by atoms with Crippen LogP contribution in [0.25, 0.3) is 0 Å². The van der Waals surface area contributed by atoms with Crippen LogP contribution in [0, 0.1) is 0 Å². The SMILES string of the molecule is COc1ccc([C@H]2CC(=O)C3=C(C2)NC(C)=C(C(=O)OC(C)C)[C@H]3c2cc(OC)c(OC)cc2Br)cc1OC. The maximum atomic E-state index is 14.0. The number of ketones is 1. The third-order valence-corrected chi connectivity index (χ3v) is 7.77. The smallest absolute Gasteiger partial charge is 0.337 e. The number of rotatable bonds is 8. The zero-order valence-corrected chi connectivity index (χ0v) is 24.9. The Morgan fingerprint density at radius 1 is 0.923 bits per heavy atom. The molecule has 0 unspecified atom stereocenters. The summed E-state index contributed by atoms with van der Waals surface area (Å²) in [6, 6.07) is 9.33. The monoisotopic (exact) mass is 599 g/mol. The summed E-state index contributed by atoms with van der Waals surface area (Å²) in [7, 11) is 6.30. The van der Waals surface area contributed by atoms with Gasteiger partial charge in [-0.2, -0.15) is 0 Å². The summed E-state index contributed by atoms with van der Waals surface area (Å²) in [6.07, 6.45) is 0.546. The zero-order chi connectivity index (χ0) is 28.4. The Balaban J connectivity index is 1.85. The predicted molar refractivity (Wildman–Crippen MR) is 151 cm³/mol. The van der Waals surface area contributed by atoms with Gasteiger partial charge in [-0.15, -0.1) is 0 Å². The predicted octanol–water partition coefficient (Wildman–Crippen LogP) is 5.80. The van der Waals surface area contributed by atoms with Crippen LogP contribution in [-0.4, -0.2) is 46.3 Å². The Morgan fingerprint density at radius 3 is 2.15 bits per heavy atom. The Bertz CT molecular complexity index is 1360. The van der Waals surface area contributed by atoms with E-state index in [4.69, 9.17) is 23.7 Å². The van der Waals surface area contributed by atoms with E-state index >= 15 is 0 Å². The number of benzene rings is 2. The van der Waals surface area contributed by atoms with Crippen LogP contribution in [0.3, 0.4) is 0 Å². The molecule has 4 rings (SSSR count). The van der Waals surface area contributed by atoms with E-state index in [9.17, 15) is 9.59 Å². The molecule has 1 heterocycles. The Kier molecular flexibility index (Phi) is 8.59. The summed E-state index contributed by atoms with van der Waals surface area (Å²) >= 11 is 3.66. The van der Waals surface area contributed by atoms with Gasteiger partial charge in [0.15, 0.2) is 28.8 Å². The summed E-state index contributed by atoms with van der Waals surface area (Å²) in [5.41, 5.74) is 4.08. The summed E-state index contributed by atoms with van der Waals surface area (Å²) in [4.78, 5) is 27.4. The standard InChI is InChI=1S/C30H34BrNO7/c1-15(2)39-30(34)27-16(3)32-21-10-18(17-8-9-23(35-4)24(12-17)36-5)11-22(33)29(21)28(27)19-13-25(37-6)26(38-7)14-20(19)31/h8-9,12-15,18,28,32H,10-11H2,1-7H3/t18-,28-/m1/s1. The molecule has 2 aliphatic rings. The Hall–Kier alpha value is -3.46. The molecule has 0 saturated heterocycles. The van der Waals surface area contributed by atoms with Gasteiger partial charge in [0.2, 0.25) is 0 Å². The fraction of sp³-hybridized carbons (Fsp3) is 0.400. The van der Waals surface area contributed by atoms with Crippen molar-refractivity contribution in [2.75, 3.05) is 28.4 Å². The maximum Gasteiger partial charge on any atom is 0.337 e. The van der Waals surface area contributed by atoms with Gasteiger partial charge in [-0.05, 0) is 68.5 Å². The number of carbonyl (C=O) groups excluding carboxylic acids is 2. The number of hydrogen-bond donors (Lipinski definition) is 1. The van der Waals surface area contributed by atoms with E-state index in [2.05, 4.69) is 21.2 Å². The molecule has 1 aliphatic carbocycles. The minimum Gasteiger partial charge on any atom is -0.493 e. The van der Waals surface area contributed by atoms with Crippen molar-refractivity contribution in [1.82, 2.24) is 5.32 Å². The first kappa shape index (κ1) is 28.5. The highest BCUT2D eigenvalue weighted by Crippen LogP contribution is 2.49. The number of allylic oxidation sites excluding steroid dienone is 3. The molecule has 2 atom stereocenters. The van der Waals surface area contributed by atoms with Crippen LogP contribution in [0.2, 0.25) is 0 Å². The van der Waals surface area contributed by atoms with Crippen LogP contribution < -0.4 is 24.3 Å². The van der Waals surface area contributed by atoms with E-state index in [0.29, 0.717) is 50.7 Å². The van der Waals surface area contributed by atoms with Gasteiger partial charge in [0.1, 0.15) is 0 Å². The van der Waals surface area contributed by atoms with Crippen molar-refractivity contribution in [2.24, 2.45) is 0 Å². The van der Waals surface area contributed by atoms with Gasteiger partial charge in [0.05, 0.1) is 40.1 Å². The summed E-state index contributed by atoms with van der Waals surface area (Å²) in [6.45, 7) is 5.44. The van der Waals surface area contributed by atoms with Crippen LogP contribution in [-0.2, 0) is 14.3 Å². The Morgan fingerprint density at radius 2 is 1.54 bits per heavy atom. The highest BCUT2D eigenvalue weighted by Gasteiger charge is 2.42. The van der Waals surface area contributed by atoms with Gasteiger partial charge in [-0.3, -0.25) is 4.79 Å². The third kappa shape index (κ3) is 5.50. The average molecular weight is 601 g/mol. The number of esters is 1. The molecule has 1 aliphatic heterocycles. The summed E-state index contributed by atoms with van der Waals surface area (Å²) in [5.74, 6) is 1.03. The molecule has 2 aromatic rings. The van der Waals surface area contributed by atoms with Crippen molar-refractivity contribution in [2.45, 2.75) is 51.6 Å². The molecule has 0 radical (unpaired) electrons. The molecular weight excluding hydrogens is 566 g/mol. The largest absolute Gasteiger partial charge is 0.493 e. The molecular formula is C30H34BrNO7. The lowest BCUT2D eigenvalue weighted by molar-refractivity contribution is -0.143.